The van der Waals surface area contributed by atoms with E-state index in [1.54, 1.807) is 11.8 Å². The lowest BCUT2D eigenvalue weighted by atomic mass is 9.98. The van der Waals surface area contributed by atoms with E-state index in [0.717, 1.165) is 30.7 Å². The molecule has 2 N–H and O–H groups in total. The van der Waals surface area contributed by atoms with Crippen molar-refractivity contribution in [2.75, 3.05) is 12.8 Å². The topological polar surface area (TPSA) is 46.3 Å². The van der Waals surface area contributed by atoms with Gasteiger partial charge in [-0.2, -0.15) is 11.8 Å². The molecule has 0 saturated carbocycles. The Morgan fingerprint density at radius 1 is 1.42 bits per heavy atom. The second kappa shape index (κ2) is 6.44. The van der Waals surface area contributed by atoms with Gasteiger partial charge in [0, 0.05) is 29.9 Å². The van der Waals surface area contributed by atoms with Gasteiger partial charge < -0.3 is 10.6 Å². The molecule has 1 aliphatic heterocycles. The minimum absolute atomic E-state index is 0.134. The summed E-state index contributed by atoms with van der Waals surface area (Å²) in [5.41, 5.74) is 7.99. The van der Waals surface area contributed by atoms with Crippen LogP contribution in [0.5, 0.6) is 0 Å². The van der Waals surface area contributed by atoms with Gasteiger partial charge in [-0.25, -0.2) is 0 Å². The minimum atomic E-state index is 0.134. The summed E-state index contributed by atoms with van der Waals surface area (Å²) in [6, 6.07) is 8.45. The molecule has 2 rings (SSSR count). The van der Waals surface area contributed by atoms with Crippen molar-refractivity contribution in [2.45, 2.75) is 37.6 Å². The van der Waals surface area contributed by atoms with Gasteiger partial charge >= 0.3 is 0 Å². The molecule has 0 aliphatic carbocycles. The second-order valence-corrected chi connectivity index (χ2v) is 6.13. The summed E-state index contributed by atoms with van der Waals surface area (Å²) in [6.45, 7) is 2.85. The van der Waals surface area contributed by atoms with Gasteiger partial charge in [0.05, 0.1) is 0 Å². The molecule has 0 bridgehead atoms. The van der Waals surface area contributed by atoms with Gasteiger partial charge in [0.1, 0.15) is 0 Å². The third kappa shape index (κ3) is 3.51. The number of thioether (sulfide) groups is 1. The Balaban J connectivity index is 2.06. The standard InChI is InChI=1S/C15H22N2OS/c1-11-9-14(16)7-8-17(11)15(18)13-5-3-12(4-6-13)10-19-2/h3-6,11,14H,7-10,16H2,1-2H3/t11-,14+/m1/s1. The molecule has 0 radical (unpaired) electrons. The van der Waals surface area contributed by atoms with E-state index in [4.69, 9.17) is 5.73 Å². The number of nitrogens with zero attached hydrogens (tertiary/aromatic N) is 1. The Morgan fingerprint density at radius 3 is 2.68 bits per heavy atom. The number of benzene rings is 1. The molecule has 19 heavy (non-hydrogen) atoms. The van der Waals surface area contributed by atoms with E-state index in [-0.39, 0.29) is 18.0 Å². The molecule has 0 unspecified atom stereocenters. The lowest BCUT2D eigenvalue weighted by Crippen LogP contribution is -2.48. The van der Waals surface area contributed by atoms with E-state index in [0.29, 0.717) is 0 Å². The summed E-state index contributed by atoms with van der Waals surface area (Å²) in [6.07, 6.45) is 3.88. The number of hydrogen-bond acceptors (Lipinski definition) is 3. The number of piperidine rings is 1. The molecule has 1 aromatic rings. The number of carbonyl (C=O) groups excluding carboxylic acids is 1. The van der Waals surface area contributed by atoms with Crippen LogP contribution in [0.2, 0.25) is 0 Å². The lowest BCUT2D eigenvalue weighted by molar-refractivity contribution is 0.0619. The molecule has 1 aliphatic rings. The number of hydrogen-bond donors (Lipinski definition) is 1. The van der Waals surface area contributed by atoms with Crippen molar-refractivity contribution in [3.05, 3.63) is 35.4 Å². The maximum atomic E-state index is 12.5. The molecule has 4 heteroatoms. The summed E-state index contributed by atoms with van der Waals surface area (Å²) < 4.78 is 0. The molecule has 1 heterocycles. The normalized spacial score (nSPS) is 23.4. The van der Waals surface area contributed by atoms with Gasteiger partial charge in [0.2, 0.25) is 0 Å². The Kier molecular flexibility index (Phi) is 4.88. The zero-order valence-electron chi connectivity index (χ0n) is 11.6. The Labute approximate surface area is 119 Å². The van der Waals surface area contributed by atoms with E-state index in [2.05, 4.69) is 13.2 Å². The van der Waals surface area contributed by atoms with Crippen LogP contribution in [0.4, 0.5) is 0 Å². The van der Waals surface area contributed by atoms with Crippen LogP contribution >= 0.6 is 11.8 Å². The molecule has 1 fully saturated rings. The fourth-order valence-electron chi connectivity index (χ4n) is 2.59. The van der Waals surface area contributed by atoms with E-state index in [9.17, 15) is 4.79 Å². The number of rotatable bonds is 3. The van der Waals surface area contributed by atoms with Gasteiger partial charge in [0.25, 0.3) is 5.91 Å². The molecule has 0 aromatic heterocycles. The minimum Gasteiger partial charge on any atom is -0.336 e. The summed E-state index contributed by atoms with van der Waals surface area (Å²) >= 11 is 1.79. The highest BCUT2D eigenvalue weighted by Crippen LogP contribution is 2.19. The summed E-state index contributed by atoms with van der Waals surface area (Å²) in [5.74, 6) is 1.12. The third-order valence-corrected chi connectivity index (χ3v) is 4.31. The Hall–Kier alpha value is -1.00. The van der Waals surface area contributed by atoms with Crippen molar-refractivity contribution in [2.24, 2.45) is 5.73 Å². The van der Waals surface area contributed by atoms with E-state index in [1.165, 1.54) is 5.56 Å². The van der Waals surface area contributed by atoms with Crippen LogP contribution in [0, 0.1) is 0 Å². The average Bonchev–Trinajstić information content (AvgIpc) is 2.39. The zero-order chi connectivity index (χ0) is 13.8. The van der Waals surface area contributed by atoms with E-state index >= 15 is 0 Å². The first kappa shape index (κ1) is 14.4. The van der Waals surface area contributed by atoms with Crippen LogP contribution in [-0.2, 0) is 5.75 Å². The SMILES string of the molecule is CSCc1ccc(C(=O)N2CC[C@H](N)C[C@H]2C)cc1. The molecule has 0 spiro atoms. The second-order valence-electron chi connectivity index (χ2n) is 5.26. The van der Waals surface area contributed by atoms with Crippen LogP contribution in [0.25, 0.3) is 0 Å². The fraction of sp³-hybridized carbons (Fsp3) is 0.533. The number of nitrogens with two attached hydrogens (primary N) is 1. The van der Waals surface area contributed by atoms with Crippen molar-refractivity contribution < 1.29 is 4.79 Å². The molecule has 1 saturated heterocycles. The number of amides is 1. The van der Waals surface area contributed by atoms with Crippen LogP contribution in [0.1, 0.15) is 35.7 Å². The van der Waals surface area contributed by atoms with Gasteiger partial charge in [0.15, 0.2) is 0 Å². The molecule has 2 atom stereocenters. The number of carbonyl (C=O) groups is 1. The highest BCUT2D eigenvalue weighted by molar-refractivity contribution is 7.97. The van der Waals surface area contributed by atoms with Gasteiger partial charge in [-0.15, -0.1) is 0 Å². The number of likely N-dealkylation sites (tertiary alicyclic amines) is 1. The molecule has 1 aromatic carbocycles. The first-order valence-corrected chi connectivity index (χ1v) is 8.15. The monoisotopic (exact) mass is 278 g/mol. The van der Waals surface area contributed by atoms with E-state index in [1.807, 2.05) is 29.2 Å². The van der Waals surface area contributed by atoms with Crippen LogP contribution in [-0.4, -0.2) is 35.7 Å². The molecular weight excluding hydrogens is 256 g/mol. The summed E-state index contributed by atoms with van der Waals surface area (Å²) in [7, 11) is 0. The highest BCUT2D eigenvalue weighted by Gasteiger charge is 2.27. The molecule has 3 nitrogen and oxygen atoms in total. The molecule has 104 valence electrons. The van der Waals surface area contributed by atoms with Crippen LogP contribution in [0.3, 0.4) is 0 Å². The predicted molar refractivity (Wildman–Crippen MR) is 81.4 cm³/mol. The fourth-order valence-corrected chi connectivity index (χ4v) is 3.11. The predicted octanol–water partition coefficient (Wildman–Crippen LogP) is 2.50. The summed E-state index contributed by atoms with van der Waals surface area (Å²) in [5, 5.41) is 0. The lowest BCUT2D eigenvalue weighted by Gasteiger charge is -2.36. The first-order valence-electron chi connectivity index (χ1n) is 6.76. The maximum absolute atomic E-state index is 12.5. The van der Waals surface area contributed by atoms with Gasteiger partial charge in [-0.3, -0.25) is 4.79 Å². The van der Waals surface area contributed by atoms with Crippen molar-refractivity contribution in [3.63, 3.8) is 0 Å². The van der Waals surface area contributed by atoms with Crippen molar-refractivity contribution in [1.29, 1.82) is 0 Å². The van der Waals surface area contributed by atoms with Crippen molar-refractivity contribution >= 4 is 17.7 Å². The summed E-state index contributed by atoms with van der Waals surface area (Å²) in [4.78, 5) is 14.4. The Morgan fingerprint density at radius 2 is 2.11 bits per heavy atom. The van der Waals surface area contributed by atoms with Crippen LogP contribution in [0.15, 0.2) is 24.3 Å². The third-order valence-electron chi connectivity index (χ3n) is 3.69. The zero-order valence-corrected chi connectivity index (χ0v) is 12.5. The highest BCUT2D eigenvalue weighted by atomic mass is 32.2. The van der Waals surface area contributed by atoms with Crippen molar-refractivity contribution in [1.82, 2.24) is 4.90 Å². The molecule has 1 amide bonds. The van der Waals surface area contributed by atoms with Gasteiger partial charge in [-0.05, 0) is 43.7 Å². The van der Waals surface area contributed by atoms with E-state index < -0.39 is 0 Å². The molecular formula is C15H22N2OS. The maximum Gasteiger partial charge on any atom is 0.254 e. The van der Waals surface area contributed by atoms with Crippen LogP contribution < -0.4 is 5.73 Å². The van der Waals surface area contributed by atoms with Crippen molar-refractivity contribution in [3.8, 4) is 0 Å². The Bertz CT molecular complexity index is 432. The van der Waals surface area contributed by atoms with Gasteiger partial charge in [-0.1, -0.05) is 12.1 Å². The quantitative estimate of drug-likeness (QED) is 0.924. The average molecular weight is 278 g/mol. The smallest absolute Gasteiger partial charge is 0.254 e. The first-order chi connectivity index (χ1) is 9.11. The largest absolute Gasteiger partial charge is 0.336 e.